The average molecular weight is 583 g/mol. The highest BCUT2D eigenvalue weighted by molar-refractivity contribution is 6.74. The molecular formula is C26H46N4O7Si2. The summed E-state index contributed by atoms with van der Waals surface area (Å²) >= 11 is 0. The summed E-state index contributed by atoms with van der Waals surface area (Å²) in [4.78, 5) is 21.0. The van der Waals surface area contributed by atoms with Crippen LogP contribution in [0.15, 0.2) is 23.3 Å². The monoisotopic (exact) mass is 582 g/mol. The van der Waals surface area contributed by atoms with E-state index < -0.39 is 32.2 Å². The van der Waals surface area contributed by atoms with E-state index >= 15 is 0 Å². The van der Waals surface area contributed by atoms with Gasteiger partial charge in [0.05, 0.1) is 34.2 Å². The summed E-state index contributed by atoms with van der Waals surface area (Å²) in [6.07, 6.45) is 3.32. The van der Waals surface area contributed by atoms with Crippen LogP contribution in [0, 0.1) is 20.2 Å². The zero-order valence-corrected chi connectivity index (χ0v) is 27.1. The Balaban J connectivity index is 2.08. The molecule has 2 rings (SSSR count). The van der Waals surface area contributed by atoms with Gasteiger partial charge in [-0.3, -0.25) is 25.7 Å². The van der Waals surface area contributed by atoms with Crippen LogP contribution in [0.25, 0.3) is 0 Å². The molecule has 0 saturated carbocycles. The maximum absolute atomic E-state index is 11.4. The van der Waals surface area contributed by atoms with Gasteiger partial charge in [0.1, 0.15) is 5.69 Å². The molecule has 0 bridgehead atoms. The van der Waals surface area contributed by atoms with E-state index in [2.05, 4.69) is 78.3 Å². The Bertz CT molecular complexity index is 1050. The van der Waals surface area contributed by atoms with E-state index in [9.17, 15) is 20.2 Å². The fourth-order valence-corrected chi connectivity index (χ4v) is 6.12. The minimum atomic E-state index is -2.03. The fourth-order valence-electron chi connectivity index (χ4n) is 3.70. The maximum atomic E-state index is 11.4. The van der Waals surface area contributed by atoms with Crippen molar-refractivity contribution in [3.05, 3.63) is 38.4 Å². The van der Waals surface area contributed by atoms with Crippen LogP contribution >= 0.6 is 0 Å². The molecule has 1 N–H and O–H groups in total. The number of rotatable bonds is 12. The molecule has 0 spiro atoms. The lowest BCUT2D eigenvalue weighted by atomic mass is 10.1. The third kappa shape index (κ3) is 8.90. The summed E-state index contributed by atoms with van der Waals surface area (Å²) in [7, 11) is -3.91. The Morgan fingerprint density at radius 1 is 1.05 bits per heavy atom. The van der Waals surface area contributed by atoms with Crippen LogP contribution in [-0.2, 0) is 13.6 Å². The topological polar surface area (TPSA) is 138 Å². The molecular weight excluding hydrogens is 536 g/mol. The number of nitro groups is 2. The molecule has 3 atom stereocenters. The van der Waals surface area contributed by atoms with Gasteiger partial charge in [-0.1, -0.05) is 41.5 Å². The van der Waals surface area contributed by atoms with Gasteiger partial charge in [-0.15, -0.1) is 0 Å². The van der Waals surface area contributed by atoms with E-state index in [-0.39, 0.29) is 39.8 Å². The van der Waals surface area contributed by atoms with Crippen LogP contribution in [0.4, 0.5) is 17.1 Å². The lowest BCUT2D eigenvalue weighted by molar-refractivity contribution is -0.393. The van der Waals surface area contributed by atoms with E-state index in [1.807, 2.05) is 0 Å². The molecule has 0 aliphatic carbocycles. The van der Waals surface area contributed by atoms with Gasteiger partial charge in [0.15, 0.2) is 16.6 Å². The van der Waals surface area contributed by atoms with Crippen molar-refractivity contribution >= 4 is 39.9 Å². The molecule has 1 aromatic carbocycles. The molecule has 0 radical (unpaired) electrons. The molecule has 1 heterocycles. The number of hydrazone groups is 1. The number of non-ortho nitro benzene ring substituents is 1. The molecule has 1 saturated heterocycles. The number of hydrogen-bond donors (Lipinski definition) is 1. The van der Waals surface area contributed by atoms with Gasteiger partial charge >= 0.3 is 5.69 Å². The molecule has 0 aromatic heterocycles. The standard InChI is InChI=1S/C26H46N4O7Si2/c1-25(2,3)38(7,8)35-16-14-23-24(37-39(9,10)26(4,5)6)18-20(36-23)13-15-27-28-21-12-11-19(29(31)32)17-22(21)30(33)34/h11-12,15,17,20,23-24,28H,13-14,16,18H2,1-10H3/b27-15+/t20?,23-,24+/m1/s1. The van der Waals surface area contributed by atoms with Crippen LogP contribution < -0.4 is 5.43 Å². The van der Waals surface area contributed by atoms with Crippen LogP contribution in [0.2, 0.25) is 36.3 Å². The Kier molecular flexibility index (Phi) is 10.6. The van der Waals surface area contributed by atoms with Gasteiger partial charge < -0.3 is 13.6 Å². The summed E-state index contributed by atoms with van der Waals surface area (Å²) in [5.41, 5.74) is 1.95. The molecule has 220 valence electrons. The predicted molar refractivity (Wildman–Crippen MR) is 160 cm³/mol. The Morgan fingerprint density at radius 3 is 2.21 bits per heavy atom. The first-order valence-corrected chi connectivity index (χ1v) is 19.2. The fraction of sp³-hybridized carbons (Fsp3) is 0.731. The maximum Gasteiger partial charge on any atom is 0.301 e. The van der Waals surface area contributed by atoms with Crippen molar-refractivity contribution in [1.29, 1.82) is 0 Å². The molecule has 1 aromatic rings. The number of nitro benzene ring substituents is 2. The van der Waals surface area contributed by atoms with Gasteiger partial charge in [-0.25, -0.2) is 0 Å². The van der Waals surface area contributed by atoms with Crippen molar-refractivity contribution in [3.8, 4) is 0 Å². The number of hydrogen-bond acceptors (Lipinski definition) is 9. The second-order valence-electron chi connectivity index (χ2n) is 13.2. The molecule has 1 unspecified atom stereocenters. The summed E-state index contributed by atoms with van der Waals surface area (Å²) in [6.45, 7) is 22.9. The normalized spacial score (nSPS) is 20.9. The molecule has 11 nitrogen and oxygen atoms in total. The van der Waals surface area contributed by atoms with Gasteiger partial charge in [0.2, 0.25) is 0 Å². The summed E-state index contributed by atoms with van der Waals surface area (Å²) in [5, 5.41) is 26.6. The SMILES string of the molecule is CC(C)(C)[Si](C)(C)OCC[C@H]1OC(C/C=N/Nc2ccc([N+](=O)[O-])cc2[N+](=O)[O-])C[C@@H]1O[Si](C)(C)C(C)(C)C. The van der Waals surface area contributed by atoms with E-state index in [0.29, 0.717) is 13.0 Å². The number of anilines is 1. The Hall–Kier alpha value is -2.20. The van der Waals surface area contributed by atoms with Crippen molar-refractivity contribution < 1.29 is 23.4 Å². The zero-order valence-electron chi connectivity index (χ0n) is 25.1. The molecule has 13 heteroatoms. The van der Waals surface area contributed by atoms with E-state index in [4.69, 9.17) is 13.6 Å². The first-order chi connectivity index (χ1) is 17.7. The lowest BCUT2D eigenvalue weighted by Gasteiger charge is -2.40. The quantitative estimate of drug-likeness (QED) is 0.118. The van der Waals surface area contributed by atoms with Crippen molar-refractivity contribution in [3.63, 3.8) is 0 Å². The Morgan fingerprint density at radius 2 is 1.67 bits per heavy atom. The van der Waals surface area contributed by atoms with E-state index in [1.165, 1.54) is 12.1 Å². The van der Waals surface area contributed by atoms with Gasteiger partial charge in [0.25, 0.3) is 5.69 Å². The summed E-state index contributed by atoms with van der Waals surface area (Å²) < 4.78 is 19.6. The third-order valence-corrected chi connectivity index (χ3v) is 17.3. The highest BCUT2D eigenvalue weighted by Gasteiger charge is 2.45. The summed E-state index contributed by atoms with van der Waals surface area (Å²) in [6, 6.07) is 3.39. The predicted octanol–water partition coefficient (Wildman–Crippen LogP) is 7.25. The molecule has 1 fully saturated rings. The minimum Gasteiger partial charge on any atom is -0.417 e. The minimum absolute atomic E-state index is 0.0453. The Labute approximate surface area is 234 Å². The number of ether oxygens (including phenoxy) is 1. The van der Waals surface area contributed by atoms with Crippen molar-refractivity contribution in [2.75, 3.05) is 12.0 Å². The summed E-state index contributed by atoms with van der Waals surface area (Å²) in [5.74, 6) is 0. The first kappa shape index (κ1) is 33.0. The van der Waals surface area contributed by atoms with Crippen molar-refractivity contribution in [1.82, 2.24) is 0 Å². The average Bonchev–Trinajstić information content (AvgIpc) is 3.15. The molecule has 1 aliphatic heterocycles. The van der Waals surface area contributed by atoms with Crippen LogP contribution in [-0.4, -0.2) is 57.6 Å². The third-order valence-electron chi connectivity index (χ3n) is 8.23. The first-order valence-electron chi connectivity index (χ1n) is 13.4. The smallest absolute Gasteiger partial charge is 0.301 e. The second kappa shape index (κ2) is 12.5. The highest BCUT2D eigenvalue weighted by atomic mass is 28.4. The van der Waals surface area contributed by atoms with Crippen molar-refractivity contribution in [2.24, 2.45) is 5.10 Å². The van der Waals surface area contributed by atoms with Gasteiger partial charge in [-0.2, -0.15) is 5.10 Å². The van der Waals surface area contributed by atoms with Crippen LogP contribution in [0.1, 0.15) is 60.8 Å². The molecule has 0 amide bonds. The largest absolute Gasteiger partial charge is 0.417 e. The zero-order chi connectivity index (χ0) is 29.8. The van der Waals surface area contributed by atoms with Crippen LogP contribution in [0.5, 0.6) is 0 Å². The number of benzene rings is 1. The molecule has 1 aliphatic rings. The van der Waals surface area contributed by atoms with E-state index in [1.54, 1.807) is 6.21 Å². The lowest BCUT2D eigenvalue weighted by Crippen LogP contribution is -2.46. The number of nitrogens with one attached hydrogen (secondary N) is 1. The van der Waals surface area contributed by atoms with E-state index in [0.717, 1.165) is 18.9 Å². The highest BCUT2D eigenvalue weighted by Crippen LogP contribution is 2.41. The van der Waals surface area contributed by atoms with Gasteiger partial charge in [-0.05, 0) is 48.8 Å². The van der Waals surface area contributed by atoms with Gasteiger partial charge in [0, 0.05) is 31.7 Å². The number of nitrogens with zero attached hydrogens (tertiary/aromatic N) is 3. The molecule has 39 heavy (non-hydrogen) atoms. The van der Waals surface area contributed by atoms with Crippen LogP contribution in [0.3, 0.4) is 0 Å². The van der Waals surface area contributed by atoms with Crippen molar-refractivity contribution in [2.45, 2.75) is 115 Å². The second-order valence-corrected chi connectivity index (χ2v) is 22.8.